The molecule has 2 rings (SSSR count). The minimum absolute atomic E-state index is 0.353. The van der Waals surface area contributed by atoms with Crippen LogP contribution in [-0.4, -0.2) is 60.6 Å². The molecule has 1 fully saturated rings. The summed E-state index contributed by atoms with van der Waals surface area (Å²) >= 11 is 0. The Bertz CT molecular complexity index is 411. The van der Waals surface area contributed by atoms with Crippen LogP contribution in [0, 0.1) is 0 Å². The highest BCUT2D eigenvalue weighted by molar-refractivity contribution is 5.87. The minimum Gasteiger partial charge on any atom is -0.461 e. The maximum atomic E-state index is 11.5. The van der Waals surface area contributed by atoms with Crippen LogP contribution in [0.4, 0.5) is 0 Å². The van der Waals surface area contributed by atoms with E-state index in [1.807, 2.05) is 6.07 Å². The number of ether oxygens (including phenoxy) is 1. The van der Waals surface area contributed by atoms with Crippen LogP contribution >= 0.6 is 0 Å². The minimum atomic E-state index is -0.353. The lowest BCUT2D eigenvalue weighted by Crippen LogP contribution is -2.43. The van der Waals surface area contributed by atoms with Gasteiger partial charge >= 0.3 is 5.97 Å². The second-order valence-corrected chi connectivity index (χ2v) is 4.85. The Hall–Kier alpha value is -1.46. The number of carbonyl (C=O) groups excluding carboxylic acids is 1. The molecule has 1 aliphatic heterocycles. The second kappa shape index (κ2) is 6.63. The Morgan fingerprint density at radius 1 is 1.32 bits per heavy atom. The molecule has 0 amide bonds. The smallest absolute Gasteiger partial charge is 0.356 e. The monoisotopic (exact) mass is 263 g/mol. The normalized spacial score (nSPS) is 17.4. The van der Waals surface area contributed by atoms with Crippen molar-refractivity contribution in [2.24, 2.45) is 0 Å². The van der Waals surface area contributed by atoms with Gasteiger partial charge in [-0.2, -0.15) is 0 Å². The molecule has 0 atom stereocenters. The number of likely N-dealkylation sites (N-methyl/N-ethyl adjacent to an activating group) is 1. The van der Waals surface area contributed by atoms with Crippen molar-refractivity contribution in [3.63, 3.8) is 0 Å². The molecule has 0 unspecified atom stereocenters. The van der Waals surface area contributed by atoms with Gasteiger partial charge in [-0.25, -0.2) is 9.78 Å². The largest absolute Gasteiger partial charge is 0.461 e. The van der Waals surface area contributed by atoms with Gasteiger partial charge in [0.1, 0.15) is 5.69 Å². The lowest BCUT2D eigenvalue weighted by atomic mass is 10.2. The summed E-state index contributed by atoms with van der Waals surface area (Å²) in [5.74, 6) is -0.353. The van der Waals surface area contributed by atoms with Crippen LogP contribution in [0.25, 0.3) is 0 Å². The fourth-order valence-electron chi connectivity index (χ4n) is 2.11. The molecule has 104 valence electrons. The Kier molecular flexibility index (Phi) is 4.87. The van der Waals surface area contributed by atoms with Gasteiger partial charge in [-0.05, 0) is 25.6 Å². The maximum Gasteiger partial charge on any atom is 0.356 e. The van der Waals surface area contributed by atoms with Gasteiger partial charge in [0, 0.05) is 38.9 Å². The van der Waals surface area contributed by atoms with Crippen LogP contribution in [0.1, 0.15) is 23.0 Å². The average molecular weight is 263 g/mol. The second-order valence-electron chi connectivity index (χ2n) is 4.85. The molecule has 0 aliphatic carbocycles. The number of pyridine rings is 1. The zero-order valence-electron chi connectivity index (χ0n) is 11.6. The quantitative estimate of drug-likeness (QED) is 0.759. The molecule has 1 aromatic heterocycles. The topological polar surface area (TPSA) is 45.7 Å². The van der Waals surface area contributed by atoms with E-state index in [4.69, 9.17) is 4.74 Å². The van der Waals surface area contributed by atoms with Crippen molar-refractivity contribution < 1.29 is 9.53 Å². The van der Waals surface area contributed by atoms with Crippen LogP contribution < -0.4 is 0 Å². The Balaban J connectivity index is 1.90. The fraction of sp³-hybridized carbons (Fsp3) is 0.571. The van der Waals surface area contributed by atoms with Gasteiger partial charge in [0.15, 0.2) is 0 Å². The summed E-state index contributed by atoms with van der Waals surface area (Å²) in [5.41, 5.74) is 1.52. The van der Waals surface area contributed by atoms with Gasteiger partial charge in [0.05, 0.1) is 6.61 Å². The van der Waals surface area contributed by atoms with E-state index >= 15 is 0 Å². The zero-order chi connectivity index (χ0) is 13.7. The van der Waals surface area contributed by atoms with Gasteiger partial charge in [0.25, 0.3) is 0 Å². The van der Waals surface area contributed by atoms with Gasteiger partial charge in [-0.1, -0.05) is 6.07 Å². The lowest BCUT2D eigenvalue weighted by Gasteiger charge is -2.32. The van der Waals surface area contributed by atoms with Crippen molar-refractivity contribution in [1.29, 1.82) is 0 Å². The van der Waals surface area contributed by atoms with Gasteiger partial charge < -0.3 is 9.64 Å². The first kappa shape index (κ1) is 14.0. The third-order valence-corrected chi connectivity index (χ3v) is 3.31. The summed E-state index contributed by atoms with van der Waals surface area (Å²) < 4.78 is 4.91. The number of hydrogen-bond donors (Lipinski definition) is 0. The highest BCUT2D eigenvalue weighted by Crippen LogP contribution is 2.08. The van der Waals surface area contributed by atoms with Gasteiger partial charge in [-0.15, -0.1) is 0 Å². The number of rotatable bonds is 4. The molecule has 1 aliphatic rings. The van der Waals surface area contributed by atoms with Crippen molar-refractivity contribution in [3.8, 4) is 0 Å². The molecule has 5 heteroatoms. The van der Waals surface area contributed by atoms with E-state index in [0.29, 0.717) is 12.3 Å². The first-order valence-electron chi connectivity index (χ1n) is 6.72. The van der Waals surface area contributed by atoms with E-state index in [-0.39, 0.29) is 5.97 Å². The van der Waals surface area contributed by atoms with E-state index in [1.54, 1.807) is 19.2 Å². The Morgan fingerprint density at radius 2 is 2.05 bits per heavy atom. The third kappa shape index (κ3) is 4.01. The molecule has 0 spiro atoms. The van der Waals surface area contributed by atoms with Crippen molar-refractivity contribution in [2.45, 2.75) is 13.5 Å². The van der Waals surface area contributed by atoms with Crippen molar-refractivity contribution in [1.82, 2.24) is 14.8 Å². The molecule has 0 radical (unpaired) electrons. The molecular formula is C14H21N3O2. The predicted molar refractivity (Wildman–Crippen MR) is 73.0 cm³/mol. The molecule has 1 saturated heterocycles. The Labute approximate surface area is 114 Å². The number of nitrogens with zero attached hydrogens (tertiary/aromatic N) is 3. The molecular weight excluding hydrogens is 242 g/mol. The van der Waals surface area contributed by atoms with Crippen LogP contribution in [0.2, 0.25) is 0 Å². The van der Waals surface area contributed by atoms with Gasteiger partial charge in [0.2, 0.25) is 0 Å². The lowest BCUT2D eigenvalue weighted by molar-refractivity contribution is 0.0519. The highest BCUT2D eigenvalue weighted by atomic mass is 16.5. The number of hydrogen-bond acceptors (Lipinski definition) is 5. The van der Waals surface area contributed by atoms with E-state index in [9.17, 15) is 4.79 Å². The predicted octanol–water partition coefficient (Wildman–Crippen LogP) is 1.01. The van der Waals surface area contributed by atoms with Crippen LogP contribution in [0.5, 0.6) is 0 Å². The van der Waals surface area contributed by atoms with E-state index in [0.717, 1.165) is 38.3 Å². The number of aromatic nitrogens is 1. The van der Waals surface area contributed by atoms with Crippen LogP contribution in [0.15, 0.2) is 18.3 Å². The Morgan fingerprint density at radius 3 is 2.63 bits per heavy atom. The average Bonchev–Trinajstić information content (AvgIpc) is 2.42. The summed E-state index contributed by atoms with van der Waals surface area (Å²) in [6, 6.07) is 3.70. The molecule has 1 aromatic rings. The SMILES string of the molecule is CCOC(=O)c1ccc(CN2CCN(C)CC2)cn1. The number of piperazine rings is 1. The standard InChI is InChI=1S/C14H21N3O2/c1-3-19-14(18)13-5-4-12(10-15-13)11-17-8-6-16(2)7-9-17/h4-5,10H,3,6-9,11H2,1-2H3. The molecule has 5 nitrogen and oxygen atoms in total. The number of esters is 1. The summed E-state index contributed by atoms with van der Waals surface area (Å²) in [7, 11) is 2.15. The van der Waals surface area contributed by atoms with Gasteiger partial charge in [-0.3, -0.25) is 4.90 Å². The molecule has 2 heterocycles. The van der Waals surface area contributed by atoms with Crippen LogP contribution in [-0.2, 0) is 11.3 Å². The van der Waals surface area contributed by atoms with Crippen LogP contribution in [0.3, 0.4) is 0 Å². The maximum absolute atomic E-state index is 11.5. The van der Waals surface area contributed by atoms with E-state index in [2.05, 4.69) is 21.8 Å². The summed E-state index contributed by atoms with van der Waals surface area (Å²) in [4.78, 5) is 20.4. The molecule has 19 heavy (non-hydrogen) atoms. The van der Waals surface area contributed by atoms with Crippen molar-refractivity contribution in [2.75, 3.05) is 39.8 Å². The first-order valence-corrected chi connectivity index (χ1v) is 6.72. The van der Waals surface area contributed by atoms with E-state index in [1.165, 1.54) is 0 Å². The molecule has 0 aromatic carbocycles. The first-order chi connectivity index (χ1) is 9.19. The highest BCUT2D eigenvalue weighted by Gasteiger charge is 2.14. The summed E-state index contributed by atoms with van der Waals surface area (Å²) in [5, 5.41) is 0. The molecule has 0 saturated carbocycles. The van der Waals surface area contributed by atoms with E-state index < -0.39 is 0 Å². The summed E-state index contributed by atoms with van der Waals surface area (Å²) in [6.45, 7) is 7.43. The number of carbonyl (C=O) groups is 1. The zero-order valence-corrected chi connectivity index (χ0v) is 11.6. The third-order valence-electron chi connectivity index (χ3n) is 3.31. The molecule has 0 N–H and O–H groups in total. The molecule has 0 bridgehead atoms. The fourth-order valence-corrected chi connectivity index (χ4v) is 2.11. The van der Waals surface area contributed by atoms with Crippen molar-refractivity contribution >= 4 is 5.97 Å². The van der Waals surface area contributed by atoms with Crippen molar-refractivity contribution in [3.05, 3.63) is 29.6 Å². The summed E-state index contributed by atoms with van der Waals surface area (Å²) in [6.07, 6.45) is 1.77.